The van der Waals surface area contributed by atoms with Crippen LogP contribution in [0, 0.1) is 5.41 Å². The van der Waals surface area contributed by atoms with E-state index in [0.29, 0.717) is 0 Å². The Morgan fingerprint density at radius 3 is 1.56 bits per heavy atom. The van der Waals surface area contributed by atoms with Gasteiger partial charge in [0.15, 0.2) is 0 Å². The summed E-state index contributed by atoms with van der Waals surface area (Å²) >= 11 is 5.83. The molecule has 0 N–H and O–H groups in total. The van der Waals surface area contributed by atoms with Crippen LogP contribution in [0.4, 0.5) is 0 Å². The monoisotopic (exact) mass is 148 g/mol. The van der Waals surface area contributed by atoms with E-state index in [2.05, 4.69) is 0 Å². The predicted molar refractivity (Wildman–Crippen MR) is 39.8 cm³/mol. The van der Waals surface area contributed by atoms with Crippen molar-refractivity contribution in [2.24, 2.45) is 5.41 Å². The van der Waals surface area contributed by atoms with Gasteiger partial charge in [-0.3, -0.25) is 0 Å². The first-order valence-corrected chi connectivity index (χ1v) is 3.34. The molecule has 9 heavy (non-hydrogen) atoms. The van der Waals surface area contributed by atoms with Crippen molar-refractivity contribution in [3.8, 4) is 0 Å². The lowest BCUT2D eigenvalue weighted by atomic mass is 9.82. The van der Waals surface area contributed by atoms with Gasteiger partial charge in [0.25, 0.3) is 0 Å². The van der Waals surface area contributed by atoms with Crippen LogP contribution in [0.3, 0.4) is 0 Å². The smallest absolute Gasteiger partial charge is 0.141 e. The molecule has 1 nitrogen and oxygen atoms in total. The second-order valence-electron chi connectivity index (χ2n) is 3.44. The molecule has 0 aliphatic heterocycles. The van der Waals surface area contributed by atoms with Gasteiger partial charge in [-0.25, -0.2) is 0 Å². The van der Waals surface area contributed by atoms with Gasteiger partial charge in [-0.1, -0.05) is 20.8 Å². The fourth-order valence-corrected chi connectivity index (χ4v) is 0.177. The van der Waals surface area contributed by atoms with E-state index in [-0.39, 0.29) is 5.41 Å². The SMILES string of the molecule is CC(C)(C)C(C)(Cl)C=O. The van der Waals surface area contributed by atoms with Crippen molar-refractivity contribution in [2.45, 2.75) is 32.6 Å². The summed E-state index contributed by atoms with van der Waals surface area (Å²) in [5, 5.41) is 0. The molecule has 0 aromatic rings. The van der Waals surface area contributed by atoms with Gasteiger partial charge in [0.2, 0.25) is 0 Å². The average Bonchev–Trinajstić information content (AvgIpc) is 1.64. The van der Waals surface area contributed by atoms with E-state index in [4.69, 9.17) is 11.6 Å². The van der Waals surface area contributed by atoms with E-state index >= 15 is 0 Å². The number of hydrogen-bond donors (Lipinski definition) is 0. The first kappa shape index (κ1) is 8.96. The van der Waals surface area contributed by atoms with Crippen molar-refractivity contribution in [3.63, 3.8) is 0 Å². The summed E-state index contributed by atoms with van der Waals surface area (Å²) in [6.07, 6.45) is 0.786. The van der Waals surface area contributed by atoms with Gasteiger partial charge in [0.05, 0.1) is 0 Å². The van der Waals surface area contributed by atoms with Crippen LogP contribution in [0.1, 0.15) is 27.7 Å². The number of rotatable bonds is 1. The van der Waals surface area contributed by atoms with E-state index in [1.807, 2.05) is 20.8 Å². The normalized spacial score (nSPS) is 18.8. The zero-order valence-electron chi connectivity index (χ0n) is 6.36. The maximum absolute atomic E-state index is 10.3. The van der Waals surface area contributed by atoms with Crippen LogP contribution < -0.4 is 0 Å². The topological polar surface area (TPSA) is 17.1 Å². The van der Waals surface area contributed by atoms with Crippen molar-refractivity contribution >= 4 is 17.9 Å². The van der Waals surface area contributed by atoms with Crippen LogP contribution in [0.25, 0.3) is 0 Å². The Hall–Kier alpha value is -0.0400. The Morgan fingerprint density at radius 1 is 1.22 bits per heavy atom. The van der Waals surface area contributed by atoms with E-state index in [0.717, 1.165) is 6.29 Å². The van der Waals surface area contributed by atoms with Crippen molar-refractivity contribution in [3.05, 3.63) is 0 Å². The number of aldehydes is 1. The standard InChI is InChI=1S/C7H13ClO/c1-6(2,3)7(4,8)5-9/h5H,1-4H3. The predicted octanol–water partition coefficient (Wildman–Crippen LogP) is 2.23. The summed E-state index contributed by atoms with van der Waals surface area (Å²) in [6.45, 7) is 7.54. The molecule has 0 rings (SSSR count). The molecule has 0 aromatic heterocycles. The highest BCUT2D eigenvalue weighted by Gasteiger charge is 2.34. The second-order valence-corrected chi connectivity index (χ2v) is 4.23. The quantitative estimate of drug-likeness (QED) is 0.412. The summed E-state index contributed by atoms with van der Waals surface area (Å²) in [4.78, 5) is 9.61. The van der Waals surface area contributed by atoms with Crippen LogP contribution in [0.5, 0.6) is 0 Å². The van der Waals surface area contributed by atoms with E-state index in [1.165, 1.54) is 0 Å². The van der Waals surface area contributed by atoms with Gasteiger partial charge >= 0.3 is 0 Å². The molecule has 0 aliphatic carbocycles. The lowest BCUT2D eigenvalue weighted by Gasteiger charge is -2.30. The first-order chi connectivity index (χ1) is 3.81. The Labute approximate surface area is 61.4 Å². The Bertz CT molecular complexity index is 111. The number of halogens is 1. The number of alkyl halides is 1. The summed E-state index contributed by atoms with van der Waals surface area (Å²) in [7, 11) is 0. The minimum absolute atomic E-state index is 0.156. The molecule has 0 amide bonds. The molecule has 0 radical (unpaired) electrons. The molecule has 0 heterocycles. The summed E-state index contributed by atoms with van der Waals surface area (Å²) < 4.78 is 0. The van der Waals surface area contributed by atoms with Crippen LogP contribution in [0.15, 0.2) is 0 Å². The molecule has 54 valence electrons. The second kappa shape index (κ2) is 2.30. The molecule has 0 saturated carbocycles. The lowest BCUT2D eigenvalue weighted by molar-refractivity contribution is -0.111. The number of hydrogen-bond acceptors (Lipinski definition) is 1. The highest BCUT2D eigenvalue weighted by atomic mass is 35.5. The lowest BCUT2D eigenvalue weighted by Crippen LogP contribution is -2.35. The maximum atomic E-state index is 10.3. The Morgan fingerprint density at radius 2 is 1.56 bits per heavy atom. The number of carbonyl (C=O) groups excluding carboxylic acids is 1. The third kappa shape index (κ3) is 1.98. The maximum Gasteiger partial charge on any atom is 0.141 e. The Kier molecular flexibility index (Phi) is 2.29. The highest BCUT2D eigenvalue weighted by molar-refractivity contribution is 6.31. The third-order valence-corrected chi connectivity index (χ3v) is 2.34. The van der Waals surface area contributed by atoms with Gasteiger partial charge in [0.1, 0.15) is 11.2 Å². The van der Waals surface area contributed by atoms with Crippen molar-refractivity contribution < 1.29 is 4.79 Å². The molecule has 0 aliphatic rings. The highest BCUT2D eigenvalue weighted by Crippen LogP contribution is 2.33. The first-order valence-electron chi connectivity index (χ1n) is 2.96. The molecule has 0 bridgehead atoms. The molecule has 0 saturated heterocycles. The van der Waals surface area contributed by atoms with Gasteiger partial charge in [-0.2, -0.15) is 0 Å². The third-order valence-electron chi connectivity index (χ3n) is 1.69. The average molecular weight is 149 g/mol. The van der Waals surface area contributed by atoms with Crippen LogP contribution in [-0.2, 0) is 4.79 Å². The van der Waals surface area contributed by atoms with E-state index in [9.17, 15) is 4.79 Å². The van der Waals surface area contributed by atoms with Crippen molar-refractivity contribution in [2.75, 3.05) is 0 Å². The molecule has 1 atom stereocenters. The summed E-state index contributed by atoms with van der Waals surface area (Å²) in [5.41, 5.74) is -0.156. The Balaban J connectivity index is 4.32. The molecule has 1 unspecified atom stereocenters. The fraction of sp³-hybridized carbons (Fsp3) is 0.857. The molecule has 0 aromatic carbocycles. The molecular weight excluding hydrogens is 136 g/mol. The van der Waals surface area contributed by atoms with Crippen molar-refractivity contribution in [1.82, 2.24) is 0 Å². The van der Waals surface area contributed by atoms with Crippen molar-refractivity contribution in [1.29, 1.82) is 0 Å². The van der Waals surface area contributed by atoms with Gasteiger partial charge in [-0.05, 0) is 12.3 Å². The van der Waals surface area contributed by atoms with Crippen LogP contribution in [-0.4, -0.2) is 11.2 Å². The molecule has 0 spiro atoms. The number of carbonyl (C=O) groups is 1. The molecular formula is C7H13ClO. The van der Waals surface area contributed by atoms with E-state index in [1.54, 1.807) is 6.92 Å². The fourth-order valence-electron chi connectivity index (χ4n) is 0.177. The van der Waals surface area contributed by atoms with E-state index < -0.39 is 4.87 Å². The van der Waals surface area contributed by atoms with Crippen LogP contribution in [0.2, 0.25) is 0 Å². The van der Waals surface area contributed by atoms with Crippen LogP contribution >= 0.6 is 11.6 Å². The minimum Gasteiger partial charge on any atom is -0.301 e. The van der Waals surface area contributed by atoms with Gasteiger partial charge < -0.3 is 4.79 Å². The van der Waals surface area contributed by atoms with Gasteiger partial charge in [-0.15, -0.1) is 11.6 Å². The summed E-state index contributed by atoms with van der Waals surface area (Å²) in [5.74, 6) is 0. The minimum atomic E-state index is -0.729. The van der Waals surface area contributed by atoms with Gasteiger partial charge in [0, 0.05) is 0 Å². The molecule has 0 fully saturated rings. The molecule has 2 heteroatoms. The largest absolute Gasteiger partial charge is 0.301 e. The zero-order chi connectivity index (χ0) is 7.71. The zero-order valence-corrected chi connectivity index (χ0v) is 7.12. The summed E-state index contributed by atoms with van der Waals surface area (Å²) in [6, 6.07) is 0.